The molecule has 1 radical (unpaired) electrons. The molecule has 2 aliphatic rings. The number of benzene rings is 3. The van der Waals surface area contributed by atoms with Crippen LogP contribution in [0.15, 0.2) is 71.0 Å². The van der Waals surface area contributed by atoms with Crippen LogP contribution in [0, 0.1) is 12.9 Å². The molecule has 1 aliphatic heterocycles. The summed E-state index contributed by atoms with van der Waals surface area (Å²) < 4.78 is 39.1. The van der Waals surface area contributed by atoms with Crippen LogP contribution in [-0.4, -0.2) is 10.9 Å². The summed E-state index contributed by atoms with van der Waals surface area (Å²) in [5.41, 5.74) is 5.16. The molecule has 4 nitrogen and oxygen atoms in total. The number of aryl methyl sites for hydroxylation is 1. The average molecular weight is 674 g/mol. The van der Waals surface area contributed by atoms with Gasteiger partial charge in [0.25, 0.3) is 0 Å². The second kappa shape index (κ2) is 11.5. The van der Waals surface area contributed by atoms with E-state index in [1.807, 2.05) is 42.5 Å². The Hall–Kier alpha value is -3.14. The Morgan fingerprint density at radius 1 is 1.16 bits per heavy atom. The van der Waals surface area contributed by atoms with Gasteiger partial charge in [-0.15, -0.1) is 5.56 Å². The number of carbonyl (C=O) groups is 1. The van der Waals surface area contributed by atoms with Crippen molar-refractivity contribution in [1.29, 1.82) is 0 Å². The molecule has 1 aliphatic carbocycles. The second-order valence-electron chi connectivity index (χ2n) is 9.36. The van der Waals surface area contributed by atoms with Crippen LogP contribution in [0.2, 0.25) is 0 Å². The van der Waals surface area contributed by atoms with Crippen LogP contribution in [0.3, 0.4) is 0 Å². The van der Waals surface area contributed by atoms with Gasteiger partial charge < -0.3 is 14.8 Å². The smallest absolute Gasteiger partial charge is 0.155 e. The Morgan fingerprint density at radius 3 is 2.65 bits per heavy atom. The zero-order valence-electron chi connectivity index (χ0n) is 24.8. The summed E-state index contributed by atoms with van der Waals surface area (Å²) in [5, 5.41) is 14.7. The quantitative estimate of drug-likeness (QED) is 0.134. The van der Waals surface area contributed by atoms with Crippen molar-refractivity contribution in [3.05, 3.63) is 106 Å². The Morgan fingerprint density at radius 2 is 1.95 bits per heavy atom. The molecule has 4 aromatic rings. The molecule has 193 valence electrons. The fourth-order valence-electron chi connectivity index (χ4n) is 5.08. The van der Waals surface area contributed by atoms with Crippen molar-refractivity contribution in [1.82, 2.24) is 0 Å². The summed E-state index contributed by atoms with van der Waals surface area (Å²) in [6, 6.07) is 18.3. The number of para-hydroxylation sites is 1. The molecule has 1 N–H and O–H groups in total. The van der Waals surface area contributed by atoms with Gasteiger partial charge in [-0.2, -0.15) is 23.9 Å². The number of allylic oxidation sites excluding steroid dienone is 2. The molecule has 1 aromatic heterocycles. The van der Waals surface area contributed by atoms with Gasteiger partial charge in [-0.3, -0.25) is 4.79 Å². The first-order valence-corrected chi connectivity index (χ1v) is 12.2. The van der Waals surface area contributed by atoms with Gasteiger partial charge in [-0.05, 0) is 49.8 Å². The van der Waals surface area contributed by atoms with Crippen molar-refractivity contribution in [3.63, 3.8) is 0 Å². The van der Waals surface area contributed by atoms with E-state index in [4.69, 9.17) is 20.3 Å². The van der Waals surface area contributed by atoms with Crippen molar-refractivity contribution >= 4 is 33.8 Å². The van der Waals surface area contributed by atoms with Gasteiger partial charge in [0.05, 0.1) is 5.76 Å². The van der Waals surface area contributed by atoms with Gasteiger partial charge in [-0.1, -0.05) is 79.2 Å². The minimum atomic E-state index is -2.29. The summed E-state index contributed by atoms with van der Waals surface area (Å²) in [5.74, 6) is -0.584. The molecule has 3 aromatic carbocycles. The molecule has 5 heteroatoms. The predicted molar refractivity (Wildman–Crippen MR) is 146 cm³/mol. The van der Waals surface area contributed by atoms with Gasteiger partial charge in [0.1, 0.15) is 5.58 Å². The van der Waals surface area contributed by atoms with E-state index in [0.717, 1.165) is 53.1 Å². The first-order chi connectivity index (χ1) is 19.0. The summed E-state index contributed by atoms with van der Waals surface area (Å²) >= 11 is 0. The molecule has 0 amide bonds. The third kappa shape index (κ3) is 5.74. The zero-order chi connectivity index (χ0) is 28.7. The normalized spacial score (nSPS) is 19.8. The molecular weight excluding hydrogens is 639 g/mol. The van der Waals surface area contributed by atoms with Gasteiger partial charge in [0, 0.05) is 42.6 Å². The van der Waals surface area contributed by atoms with Crippen molar-refractivity contribution in [2.45, 2.75) is 58.3 Å². The number of carbonyl (C=O) groups excluding carboxylic acids is 1. The van der Waals surface area contributed by atoms with Gasteiger partial charge >= 0.3 is 0 Å². The minimum Gasteiger partial charge on any atom is -0.682 e. The fraction of sp³-hybridized carbons (Fsp3) is 0.281. The van der Waals surface area contributed by atoms with Crippen LogP contribution in [0.25, 0.3) is 33.3 Å². The third-order valence-corrected chi connectivity index (χ3v) is 6.61. The number of hydrogen-bond donors (Lipinski definition) is 1. The Bertz CT molecular complexity index is 1640. The predicted octanol–water partition coefficient (Wildman–Crippen LogP) is 8.83. The minimum absolute atomic E-state index is 0. The maximum atomic E-state index is 10.0. The number of ketones is 1. The molecule has 0 spiro atoms. The van der Waals surface area contributed by atoms with Gasteiger partial charge in [0.2, 0.25) is 0 Å². The SMILES string of the molecule is CC(=O)/C=C(/C)O.[2H]C([2H])([2H])c1[c-]c(C2[N-]C=Cc3cc(C4([2H])CCCC4)ccc32)c2oc3ccccc3c2c1.[Ir]. The fourth-order valence-corrected chi connectivity index (χ4v) is 5.08. The molecule has 37 heavy (non-hydrogen) atoms. The number of fused-ring (bicyclic) bond motifs is 4. The number of furan rings is 1. The monoisotopic (exact) mass is 674 g/mol. The summed E-state index contributed by atoms with van der Waals surface area (Å²) in [7, 11) is 0. The van der Waals surface area contributed by atoms with E-state index in [-0.39, 0.29) is 37.2 Å². The maximum absolute atomic E-state index is 10.0. The standard InChI is InChI=1S/C27H23NO.C5H8O2.Ir/c1-17-14-23-22-8-4-5-9-25(22)29-27(23)24(15-17)26-21-11-10-19(18-6-2-3-7-18)16-20(21)12-13-28-26;1-4(6)3-5(2)7;/h4-5,8-14,16,18,26H,2-3,6-7H2,1H3;3,6H,1-2H3;/q-2;;/b;4-3-;/i1D3,18D;;. The molecule has 1 unspecified atom stereocenters. The van der Waals surface area contributed by atoms with Crippen molar-refractivity contribution < 1.29 is 39.9 Å². The largest absolute Gasteiger partial charge is 0.682 e. The van der Waals surface area contributed by atoms with E-state index in [2.05, 4.69) is 12.1 Å². The summed E-state index contributed by atoms with van der Waals surface area (Å²) in [4.78, 5) is 10.0. The van der Waals surface area contributed by atoms with Crippen molar-refractivity contribution in [2.75, 3.05) is 0 Å². The number of nitrogens with zero attached hydrogens (tertiary/aromatic N) is 1. The molecule has 1 saturated carbocycles. The summed E-state index contributed by atoms with van der Waals surface area (Å²) in [6.45, 7) is 0.555. The van der Waals surface area contributed by atoms with Crippen LogP contribution in [0.5, 0.6) is 0 Å². The van der Waals surface area contributed by atoms with Crippen LogP contribution in [0.1, 0.15) is 84.8 Å². The van der Waals surface area contributed by atoms with Crippen molar-refractivity contribution in [2.24, 2.45) is 0 Å². The number of rotatable bonds is 3. The molecule has 2 heterocycles. The van der Waals surface area contributed by atoms with Gasteiger partial charge in [-0.25, -0.2) is 0 Å². The Balaban J connectivity index is 0.000000434. The van der Waals surface area contributed by atoms with E-state index in [1.165, 1.54) is 19.9 Å². The first kappa shape index (κ1) is 21.9. The van der Waals surface area contributed by atoms with Crippen LogP contribution in [0.4, 0.5) is 0 Å². The first-order valence-electron chi connectivity index (χ1n) is 14.2. The molecule has 0 bridgehead atoms. The van der Waals surface area contributed by atoms with Crippen LogP contribution < -0.4 is 0 Å². The molecule has 1 fully saturated rings. The Labute approximate surface area is 237 Å². The molecule has 1 atom stereocenters. The average Bonchev–Trinajstić information content (AvgIpc) is 3.51. The van der Waals surface area contributed by atoms with E-state index >= 15 is 0 Å². The number of aliphatic hydroxyl groups is 1. The maximum Gasteiger partial charge on any atom is 0.155 e. The van der Waals surface area contributed by atoms with Crippen LogP contribution >= 0.6 is 0 Å². The second-order valence-corrected chi connectivity index (χ2v) is 9.36. The number of hydrogen-bond acceptors (Lipinski definition) is 3. The molecular formula is C32H31IrNO3-2. The zero-order valence-corrected chi connectivity index (χ0v) is 23.2. The van der Waals surface area contributed by atoms with E-state index in [0.29, 0.717) is 16.7 Å². The van der Waals surface area contributed by atoms with E-state index in [9.17, 15) is 4.79 Å². The van der Waals surface area contributed by atoms with E-state index in [1.54, 1.807) is 12.3 Å². The Kier molecular flexibility index (Phi) is 6.80. The van der Waals surface area contributed by atoms with Crippen molar-refractivity contribution in [3.8, 4) is 0 Å². The third-order valence-electron chi connectivity index (χ3n) is 6.61. The molecule has 6 rings (SSSR count). The van der Waals surface area contributed by atoms with Crippen LogP contribution in [-0.2, 0) is 24.9 Å². The topological polar surface area (TPSA) is 64.5 Å². The summed E-state index contributed by atoms with van der Waals surface area (Å²) in [6.07, 6.45) is 8.86. The van der Waals surface area contributed by atoms with E-state index < -0.39 is 18.8 Å². The van der Waals surface area contributed by atoms with Gasteiger partial charge in [0.15, 0.2) is 5.78 Å². The molecule has 0 saturated heterocycles. The number of aliphatic hydroxyl groups excluding tert-OH is 1.